The smallest absolute Gasteiger partial charge is 0.252 e. The summed E-state index contributed by atoms with van der Waals surface area (Å²) in [4.78, 5) is 11.1. The van der Waals surface area contributed by atoms with Crippen LogP contribution in [0.3, 0.4) is 0 Å². The molecule has 0 aromatic heterocycles. The van der Waals surface area contributed by atoms with E-state index >= 15 is 0 Å². The van der Waals surface area contributed by atoms with Gasteiger partial charge in [-0.25, -0.2) is 0 Å². The van der Waals surface area contributed by atoms with Crippen molar-refractivity contribution in [3.8, 4) is 18.1 Å². The second kappa shape index (κ2) is 6.59. The first-order valence-corrected chi connectivity index (χ1v) is 5.59. The minimum Gasteiger partial charge on any atom is -0.496 e. The largest absolute Gasteiger partial charge is 0.496 e. The van der Waals surface area contributed by atoms with Gasteiger partial charge in [0.1, 0.15) is 5.75 Å². The van der Waals surface area contributed by atoms with Crippen molar-refractivity contribution in [2.45, 2.75) is 25.7 Å². The standard InChI is InChI=1S/C14H17NO2/c1-3-4-5-6-7-11-8-9-12(14(15)16)13(10-11)17-2/h1,8-10H,4-7H2,2H3,(H2,15,16). The number of carbonyl (C=O) groups excluding carboxylic acids is 1. The van der Waals surface area contributed by atoms with Gasteiger partial charge >= 0.3 is 0 Å². The predicted octanol–water partition coefficient (Wildman–Crippen LogP) is 2.14. The molecule has 0 bridgehead atoms. The van der Waals surface area contributed by atoms with Gasteiger partial charge in [-0.05, 0) is 37.0 Å². The van der Waals surface area contributed by atoms with Crippen LogP contribution in [0.15, 0.2) is 18.2 Å². The topological polar surface area (TPSA) is 52.3 Å². The zero-order valence-corrected chi connectivity index (χ0v) is 10.0. The molecule has 3 nitrogen and oxygen atoms in total. The lowest BCUT2D eigenvalue weighted by atomic mass is 10.0. The Labute approximate surface area is 102 Å². The minimum atomic E-state index is -0.472. The molecule has 0 saturated carbocycles. The molecule has 0 spiro atoms. The maximum absolute atomic E-state index is 11.1. The maximum atomic E-state index is 11.1. The van der Waals surface area contributed by atoms with E-state index in [4.69, 9.17) is 16.9 Å². The summed E-state index contributed by atoms with van der Waals surface area (Å²) in [6.45, 7) is 0. The highest BCUT2D eigenvalue weighted by atomic mass is 16.5. The van der Waals surface area contributed by atoms with Gasteiger partial charge in [0.2, 0.25) is 0 Å². The summed E-state index contributed by atoms with van der Waals surface area (Å²) >= 11 is 0. The Hall–Kier alpha value is -1.95. The third-order valence-corrected chi connectivity index (χ3v) is 2.57. The first-order valence-electron chi connectivity index (χ1n) is 5.59. The second-order valence-electron chi connectivity index (χ2n) is 3.81. The van der Waals surface area contributed by atoms with Gasteiger partial charge in [-0.2, -0.15) is 0 Å². The number of primary amides is 1. The third kappa shape index (κ3) is 3.84. The molecule has 0 unspecified atom stereocenters. The molecule has 17 heavy (non-hydrogen) atoms. The summed E-state index contributed by atoms with van der Waals surface area (Å²) in [6.07, 6.45) is 8.96. The number of carbonyl (C=O) groups is 1. The van der Waals surface area contributed by atoms with E-state index < -0.39 is 5.91 Å². The molecule has 0 heterocycles. The lowest BCUT2D eigenvalue weighted by Crippen LogP contribution is -2.12. The van der Waals surface area contributed by atoms with Gasteiger partial charge in [0.05, 0.1) is 12.7 Å². The van der Waals surface area contributed by atoms with Crippen molar-refractivity contribution in [2.24, 2.45) is 5.73 Å². The highest BCUT2D eigenvalue weighted by molar-refractivity contribution is 5.95. The van der Waals surface area contributed by atoms with Crippen LogP contribution in [-0.4, -0.2) is 13.0 Å². The third-order valence-electron chi connectivity index (χ3n) is 2.57. The van der Waals surface area contributed by atoms with Crippen molar-refractivity contribution >= 4 is 5.91 Å². The van der Waals surface area contributed by atoms with Crippen molar-refractivity contribution in [1.82, 2.24) is 0 Å². The van der Waals surface area contributed by atoms with Gasteiger partial charge in [0, 0.05) is 6.42 Å². The molecule has 0 saturated heterocycles. The molecule has 0 aliphatic heterocycles. The maximum Gasteiger partial charge on any atom is 0.252 e. The SMILES string of the molecule is C#CCCCCc1ccc(C(N)=O)c(OC)c1. The van der Waals surface area contributed by atoms with Crippen LogP contribution in [0.25, 0.3) is 0 Å². The summed E-state index contributed by atoms with van der Waals surface area (Å²) in [5.74, 6) is 2.68. The Morgan fingerprint density at radius 2 is 2.24 bits per heavy atom. The fourth-order valence-corrected chi connectivity index (χ4v) is 1.65. The van der Waals surface area contributed by atoms with Crippen molar-refractivity contribution in [3.63, 3.8) is 0 Å². The number of terminal acetylenes is 1. The number of methoxy groups -OCH3 is 1. The first-order chi connectivity index (χ1) is 8.19. The van der Waals surface area contributed by atoms with Gasteiger partial charge in [0.25, 0.3) is 5.91 Å². The van der Waals surface area contributed by atoms with Crippen molar-refractivity contribution < 1.29 is 9.53 Å². The van der Waals surface area contributed by atoms with Crippen LogP contribution in [-0.2, 0) is 6.42 Å². The zero-order chi connectivity index (χ0) is 12.7. The molecule has 2 N–H and O–H groups in total. The van der Waals surface area contributed by atoms with Crippen LogP contribution < -0.4 is 10.5 Å². The van der Waals surface area contributed by atoms with Gasteiger partial charge in [0.15, 0.2) is 0 Å². The van der Waals surface area contributed by atoms with E-state index in [9.17, 15) is 4.79 Å². The fraction of sp³-hybridized carbons (Fsp3) is 0.357. The summed E-state index contributed by atoms with van der Waals surface area (Å²) in [6, 6.07) is 5.46. The van der Waals surface area contributed by atoms with Crippen LogP contribution in [0.5, 0.6) is 5.75 Å². The number of aryl methyl sites for hydroxylation is 1. The summed E-state index contributed by atoms with van der Waals surface area (Å²) in [7, 11) is 1.53. The molecular formula is C14H17NO2. The highest BCUT2D eigenvalue weighted by Crippen LogP contribution is 2.20. The van der Waals surface area contributed by atoms with Crippen LogP contribution in [0.4, 0.5) is 0 Å². The van der Waals surface area contributed by atoms with Crippen LogP contribution in [0, 0.1) is 12.3 Å². The van der Waals surface area contributed by atoms with Gasteiger partial charge < -0.3 is 10.5 Å². The van der Waals surface area contributed by atoms with Crippen molar-refractivity contribution in [1.29, 1.82) is 0 Å². The van der Waals surface area contributed by atoms with E-state index in [1.165, 1.54) is 7.11 Å². The quantitative estimate of drug-likeness (QED) is 0.602. The zero-order valence-electron chi connectivity index (χ0n) is 10.0. The molecule has 0 aliphatic carbocycles. The van der Waals surface area contributed by atoms with E-state index in [0.29, 0.717) is 11.3 Å². The minimum absolute atomic E-state index is 0.417. The molecular weight excluding hydrogens is 214 g/mol. The van der Waals surface area contributed by atoms with E-state index in [1.54, 1.807) is 6.07 Å². The lowest BCUT2D eigenvalue weighted by Gasteiger charge is -2.08. The normalized spacial score (nSPS) is 9.65. The molecule has 90 valence electrons. The van der Waals surface area contributed by atoms with E-state index in [2.05, 4.69) is 5.92 Å². The van der Waals surface area contributed by atoms with Crippen LogP contribution in [0.1, 0.15) is 35.2 Å². The monoisotopic (exact) mass is 231 g/mol. The number of nitrogens with two attached hydrogens (primary N) is 1. The van der Waals surface area contributed by atoms with Gasteiger partial charge in [-0.1, -0.05) is 6.07 Å². The van der Waals surface area contributed by atoms with E-state index in [-0.39, 0.29) is 0 Å². The van der Waals surface area contributed by atoms with E-state index in [1.807, 2.05) is 12.1 Å². The number of rotatable bonds is 6. The molecule has 1 amide bonds. The average Bonchev–Trinajstić information content (AvgIpc) is 2.34. The number of hydrogen-bond acceptors (Lipinski definition) is 2. The molecule has 1 rings (SSSR count). The van der Waals surface area contributed by atoms with Crippen molar-refractivity contribution in [2.75, 3.05) is 7.11 Å². The molecule has 0 atom stereocenters. The lowest BCUT2D eigenvalue weighted by molar-refractivity contribution is 0.0997. The Bertz CT molecular complexity index is 432. The molecule has 0 aliphatic rings. The summed E-state index contributed by atoms with van der Waals surface area (Å²) in [5.41, 5.74) is 6.78. The van der Waals surface area contributed by atoms with Gasteiger partial charge in [-0.15, -0.1) is 12.3 Å². The molecule has 3 heteroatoms. The average molecular weight is 231 g/mol. The molecule has 1 aromatic rings. The number of unbranched alkanes of at least 4 members (excludes halogenated alkanes) is 2. The van der Waals surface area contributed by atoms with Crippen LogP contribution in [0.2, 0.25) is 0 Å². The predicted molar refractivity (Wildman–Crippen MR) is 67.9 cm³/mol. The van der Waals surface area contributed by atoms with Crippen LogP contribution >= 0.6 is 0 Å². The summed E-state index contributed by atoms with van der Waals surface area (Å²) in [5, 5.41) is 0. The molecule has 0 radical (unpaired) electrons. The molecule has 1 aromatic carbocycles. The Kier molecular flexibility index (Phi) is 5.09. The number of benzene rings is 1. The highest BCUT2D eigenvalue weighted by Gasteiger charge is 2.09. The number of hydrogen-bond donors (Lipinski definition) is 1. The summed E-state index contributed by atoms with van der Waals surface area (Å²) < 4.78 is 5.14. The molecule has 0 fully saturated rings. The Morgan fingerprint density at radius 3 is 2.82 bits per heavy atom. The Balaban J connectivity index is 2.70. The van der Waals surface area contributed by atoms with E-state index in [0.717, 1.165) is 31.2 Å². The fourth-order valence-electron chi connectivity index (χ4n) is 1.65. The number of ether oxygens (including phenoxy) is 1. The van der Waals surface area contributed by atoms with Crippen molar-refractivity contribution in [3.05, 3.63) is 29.3 Å². The first kappa shape index (κ1) is 13.1. The number of amides is 1. The Morgan fingerprint density at radius 1 is 1.47 bits per heavy atom. The van der Waals surface area contributed by atoms with Gasteiger partial charge in [-0.3, -0.25) is 4.79 Å². The second-order valence-corrected chi connectivity index (χ2v) is 3.81.